The number of amides is 2. The molecule has 2 heterocycles. The molecule has 4 rings (SSSR count). The zero-order valence-electron chi connectivity index (χ0n) is 17.4. The highest BCUT2D eigenvalue weighted by Crippen LogP contribution is 2.24. The number of halogens is 1. The Bertz CT molecular complexity index is 1240. The van der Waals surface area contributed by atoms with E-state index in [0.29, 0.717) is 21.9 Å². The first-order chi connectivity index (χ1) is 16.0. The highest BCUT2D eigenvalue weighted by Gasteiger charge is 2.19. The Hall–Kier alpha value is -4.11. The van der Waals surface area contributed by atoms with Gasteiger partial charge in [-0.1, -0.05) is 24.3 Å². The van der Waals surface area contributed by atoms with Gasteiger partial charge in [0, 0.05) is 41.1 Å². The highest BCUT2D eigenvalue weighted by molar-refractivity contribution is 7.13. The van der Waals surface area contributed by atoms with Gasteiger partial charge in [-0.15, -0.1) is 11.3 Å². The number of rotatable bonds is 7. The molecule has 0 bridgehead atoms. The topological polar surface area (TPSA) is 101 Å². The van der Waals surface area contributed by atoms with Crippen LogP contribution >= 0.6 is 11.3 Å². The molecule has 4 aromatic rings. The summed E-state index contributed by atoms with van der Waals surface area (Å²) in [4.78, 5) is 35.4. The summed E-state index contributed by atoms with van der Waals surface area (Å²) in [5, 5.41) is 5.16. The molecule has 0 fully saturated rings. The number of nitrogens with one attached hydrogen (secondary N) is 1. The third-order valence-electron chi connectivity index (χ3n) is 4.82. The summed E-state index contributed by atoms with van der Waals surface area (Å²) in [6.07, 6.45) is 3.03. The first-order valence-electron chi connectivity index (χ1n) is 10.0. The Kier molecular flexibility index (Phi) is 6.70. The fraction of sp³-hybridized carbons (Fsp3) is 0.0833. The first-order valence-corrected chi connectivity index (χ1v) is 10.9. The van der Waals surface area contributed by atoms with E-state index >= 15 is 0 Å². The Morgan fingerprint density at radius 3 is 2.33 bits per heavy atom. The Labute approximate surface area is 193 Å². The number of nitrogen functional groups attached to an aromatic ring is 1. The quantitative estimate of drug-likeness (QED) is 0.429. The normalized spacial score (nSPS) is 10.6. The van der Waals surface area contributed by atoms with E-state index in [4.69, 9.17) is 5.73 Å². The van der Waals surface area contributed by atoms with Gasteiger partial charge < -0.3 is 16.0 Å². The van der Waals surface area contributed by atoms with E-state index in [1.807, 2.05) is 17.5 Å². The Morgan fingerprint density at radius 2 is 1.70 bits per heavy atom. The van der Waals surface area contributed by atoms with E-state index in [9.17, 15) is 14.0 Å². The van der Waals surface area contributed by atoms with Crippen molar-refractivity contribution in [2.45, 2.75) is 6.54 Å². The van der Waals surface area contributed by atoms with Crippen LogP contribution < -0.4 is 11.1 Å². The predicted octanol–water partition coefficient (Wildman–Crippen LogP) is 4.21. The van der Waals surface area contributed by atoms with Crippen molar-refractivity contribution in [2.75, 3.05) is 17.6 Å². The van der Waals surface area contributed by atoms with E-state index in [0.717, 1.165) is 11.3 Å². The van der Waals surface area contributed by atoms with Gasteiger partial charge in [-0.2, -0.15) is 0 Å². The SMILES string of the molecule is Nc1nc(-c2ccc(NC(=O)CN(Cc3ccc(F)cc3)C(=O)c3ccncc3)cc2)cs1. The van der Waals surface area contributed by atoms with Gasteiger partial charge in [-0.05, 0) is 42.0 Å². The predicted molar refractivity (Wildman–Crippen MR) is 126 cm³/mol. The van der Waals surface area contributed by atoms with Crippen LogP contribution in [0, 0.1) is 5.82 Å². The summed E-state index contributed by atoms with van der Waals surface area (Å²) >= 11 is 1.36. The molecule has 0 radical (unpaired) electrons. The van der Waals surface area contributed by atoms with E-state index < -0.39 is 0 Å². The summed E-state index contributed by atoms with van der Waals surface area (Å²) in [6, 6.07) is 16.2. The summed E-state index contributed by atoms with van der Waals surface area (Å²) in [6.45, 7) is -0.0258. The number of hydrogen-bond acceptors (Lipinski definition) is 6. The molecule has 9 heteroatoms. The van der Waals surface area contributed by atoms with Crippen molar-refractivity contribution in [3.63, 3.8) is 0 Å². The number of aromatic nitrogens is 2. The Balaban J connectivity index is 1.47. The van der Waals surface area contributed by atoms with Gasteiger partial charge in [0.15, 0.2) is 5.13 Å². The molecule has 0 saturated carbocycles. The van der Waals surface area contributed by atoms with Crippen LogP contribution in [0.3, 0.4) is 0 Å². The minimum atomic E-state index is -0.368. The van der Waals surface area contributed by atoms with Crippen molar-refractivity contribution >= 4 is 34.0 Å². The minimum absolute atomic E-state index is 0.152. The van der Waals surface area contributed by atoms with E-state index in [2.05, 4.69) is 15.3 Å². The number of thiazole rings is 1. The fourth-order valence-electron chi connectivity index (χ4n) is 3.21. The number of anilines is 2. The molecular formula is C24H20FN5O2S. The second-order valence-corrected chi connectivity index (χ2v) is 8.11. The van der Waals surface area contributed by atoms with Crippen LogP contribution in [0.2, 0.25) is 0 Å². The largest absolute Gasteiger partial charge is 0.375 e. The van der Waals surface area contributed by atoms with Crippen molar-refractivity contribution in [3.05, 3.63) is 95.4 Å². The molecule has 0 saturated heterocycles. The van der Waals surface area contributed by atoms with Crippen LogP contribution in [-0.4, -0.2) is 33.2 Å². The number of carbonyl (C=O) groups excluding carboxylic acids is 2. The van der Waals surface area contributed by atoms with Gasteiger partial charge in [0.25, 0.3) is 5.91 Å². The lowest BCUT2D eigenvalue weighted by Crippen LogP contribution is -2.37. The maximum absolute atomic E-state index is 13.3. The van der Waals surface area contributed by atoms with Crippen LogP contribution in [0.1, 0.15) is 15.9 Å². The third-order valence-corrected chi connectivity index (χ3v) is 5.50. The third kappa shape index (κ3) is 5.78. The molecule has 2 aromatic heterocycles. The molecule has 0 aliphatic rings. The molecule has 33 heavy (non-hydrogen) atoms. The van der Waals surface area contributed by atoms with E-state index in [1.165, 1.54) is 40.8 Å². The molecule has 166 valence electrons. The number of hydrogen-bond donors (Lipinski definition) is 2. The van der Waals surface area contributed by atoms with Gasteiger partial charge in [-0.3, -0.25) is 14.6 Å². The molecule has 0 unspecified atom stereocenters. The van der Waals surface area contributed by atoms with Crippen LogP contribution in [0.5, 0.6) is 0 Å². The lowest BCUT2D eigenvalue weighted by atomic mass is 10.1. The summed E-state index contributed by atoms with van der Waals surface area (Å²) in [5.74, 6) is -1.05. The van der Waals surface area contributed by atoms with Gasteiger partial charge in [0.2, 0.25) is 5.91 Å². The summed E-state index contributed by atoms with van der Waals surface area (Å²) in [7, 11) is 0. The molecule has 0 atom stereocenters. The Morgan fingerprint density at radius 1 is 1.00 bits per heavy atom. The lowest BCUT2D eigenvalue weighted by molar-refractivity contribution is -0.117. The number of nitrogens with zero attached hydrogens (tertiary/aromatic N) is 3. The molecular weight excluding hydrogens is 441 g/mol. The molecule has 3 N–H and O–H groups in total. The molecule has 2 amide bonds. The van der Waals surface area contributed by atoms with Crippen LogP contribution in [-0.2, 0) is 11.3 Å². The van der Waals surface area contributed by atoms with Crippen LogP contribution in [0.15, 0.2) is 78.4 Å². The second-order valence-electron chi connectivity index (χ2n) is 7.22. The number of pyridine rings is 1. The zero-order valence-corrected chi connectivity index (χ0v) is 18.3. The summed E-state index contributed by atoms with van der Waals surface area (Å²) in [5.41, 5.74) is 9.04. The first kappa shape index (κ1) is 22.1. The zero-order chi connectivity index (χ0) is 23.2. The van der Waals surface area contributed by atoms with Gasteiger partial charge in [-0.25, -0.2) is 9.37 Å². The van der Waals surface area contributed by atoms with Crippen LogP contribution in [0.4, 0.5) is 15.2 Å². The van der Waals surface area contributed by atoms with Crippen molar-refractivity contribution < 1.29 is 14.0 Å². The molecule has 7 nitrogen and oxygen atoms in total. The van der Waals surface area contributed by atoms with Gasteiger partial charge in [0.1, 0.15) is 12.4 Å². The van der Waals surface area contributed by atoms with Crippen molar-refractivity contribution in [2.24, 2.45) is 0 Å². The molecule has 0 spiro atoms. The number of carbonyl (C=O) groups is 2. The number of nitrogens with two attached hydrogens (primary N) is 1. The van der Waals surface area contributed by atoms with Gasteiger partial charge in [0.05, 0.1) is 5.69 Å². The van der Waals surface area contributed by atoms with E-state index in [-0.39, 0.29) is 30.7 Å². The molecule has 2 aromatic carbocycles. The average Bonchev–Trinajstić information content (AvgIpc) is 3.27. The lowest BCUT2D eigenvalue weighted by Gasteiger charge is -2.22. The monoisotopic (exact) mass is 461 g/mol. The van der Waals surface area contributed by atoms with Crippen molar-refractivity contribution in [1.29, 1.82) is 0 Å². The molecule has 0 aliphatic carbocycles. The average molecular weight is 462 g/mol. The second kappa shape index (κ2) is 10.0. The standard InChI is InChI=1S/C24H20FN5O2S/c25-19-5-1-16(2-6-19)13-30(23(32)18-9-11-27-12-10-18)14-22(31)28-20-7-3-17(4-8-20)21-15-33-24(26)29-21/h1-12,15H,13-14H2,(H2,26,29)(H,28,31). The maximum Gasteiger partial charge on any atom is 0.254 e. The van der Waals surface area contributed by atoms with Gasteiger partial charge >= 0.3 is 0 Å². The smallest absolute Gasteiger partial charge is 0.254 e. The van der Waals surface area contributed by atoms with Crippen LogP contribution in [0.25, 0.3) is 11.3 Å². The fourth-order valence-corrected chi connectivity index (χ4v) is 3.78. The van der Waals surface area contributed by atoms with Crippen molar-refractivity contribution in [3.8, 4) is 11.3 Å². The van der Waals surface area contributed by atoms with Crippen molar-refractivity contribution in [1.82, 2.24) is 14.9 Å². The van der Waals surface area contributed by atoms with E-state index in [1.54, 1.807) is 36.4 Å². The minimum Gasteiger partial charge on any atom is -0.375 e. The highest BCUT2D eigenvalue weighted by atomic mass is 32.1. The number of benzene rings is 2. The summed E-state index contributed by atoms with van der Waals surface area (Å²) < 4.78 is 13.3. The molecule has 0 aliphatic heterocycles. The maximum atomic E-state index is 13.3.